The van der Waals surface area contributed by atoms with Crippen LogP contribution in [0.4, 0.5) is 5.69 Å². The summed E-state index contributed by atoms with van der Waals surface area (Å²) in [6.45, 7) is -1.15. The largest absolute Gasteiger partial charge is 0.744 e. The van der Waals surface area contributed by atoms with Gasteiger partial charge in [-0.05, 0) is 0 Å². The zero-order valence-corrected chi connectivity index (χ0v) is 14.9. The van der Waals surface area contributed by atoms with Crippen molar-refractivity contribution in [3.05, 3.63) is 46.5 Å². The molecule has 148 valence electrons. The number of phenols is 2. The molecule has 1 atom stereocenters. The second kappa shape index (κ2) is 6.87. The number of hydrogen-bond acceptors (Lipinski definition) is 10. The van der Waals surface area contributed by atoms with E-state index < -0.39 is 74.1 Å². The maximum atomic E-state index is 12.9. The monoisotopic (exact) mass is 408 g/mol. The van der Waals surface area contributed by atoms with Gasteiger partial charge >= 0.3 is 0 Å². The van der Waals surface area contributed by atoms with E-state index in [1.807, 2.05) is 0 Å². The van der Waals surface area contributed by atoms with Crippen molar-refractivity contribution in [2.24, 2.45) is 0 Å². The van der Waals surface area contributed by atoms with Crippen LogP contribution in [-0.4, -0.2) is 64.2 Å². The molecule has 0 aliphatic heterocycles. The molecule has 0 bridgehead atoms. The van der Waals surface area contributed by atoms with E-state index in [9.17, 15) is 37.9 Å². The van der Waals surface area contributed by atoms with Crippen LogP contribution in [0.2, 0.25) is 0 Å². The lowest BCUT2D eigenvalue weighted by atomic mass is 9.82. The summed E-state index contributed by atoms with van der Waals surface area (Å²) in [6.07, 6.45) is -1.36. The summed E-state index contributed by atoms with van der Waals surface area (Å²) in [5.41, 5.74) is -2.09. The number of rotatable bonds is 5. The van der Waals surface area contributed by atoms with Crippen molar-refractivity contribution in [3.8, 4) is 11.5 Å². The second-order valence-corrected chi connectivity index (χ2v) is 7.34. The molecule has 1 aliphatic rings. The van der Waals surface area contributed by atoms with Crippen molar-refractivity contribution in [1.29, 1.82) is 0 Å². The summed E-state index contributed by atoms with van der Waals surface area (Å²) < 4.78 is 34.7. The first-order valence-electron chi connectivity index (χ1n) is 7.88. The minimum absolute atomic E-state index is 0.0534. The standard InChI is InChI=1S/C17H15NO9S/c19-6-7(20)5-18-12-10-11(15(23)17(16(12)24)28(25,26)27)14(22)9-4-2-1-3-8(9)13(10)21/h1-4,7,18-20,23-24H,5-6H2,(H,25,26,27)/p-1. The van der Waals surface area contributed by atoms with Crippen molar-refractivity contribution < 1.29 is 43.0 Å². The Balaban J connectivity index is 2.37. The van der Waals surface area contributed by atoms with E-state index in [0.29, 0.717) is 0 Å². The molecule has 5 N–H and O–H groups in total. The van der Waals surface area contributed by atoms with Gasteiger partial charge in [0.25, 0.3) is 0 Å². The molecule has 1 aliphatic carbocycles. The number of nitrogens with one attached hydrogen (secondary N) is 1. The molecule has 0 amide bonds. The number of carbonyl (C=O) groups excluding carboxylic acids is 2. The number of ketones is 2. The molecular weight excluding hydrogens is 394 g/mol. The topological polar surface area (TPSA) is 184 Å². The van der Waals surface area contributed by atoms with Gasteiger partial charge in [0, 0.05) is 17.7 Å². The van der Waals surface area contributed by atoms with E-state index in [0.717, 1.165) is 0 Å². The van der Waals surface area contributed by atoms with E-state index >= 15 is 0 Å². The Kier molecular flexibility index (Phi) is 4.85. The lowest BCUT2D eigenvalue weighted by Gasteiger charge is -2.25. The number of fused-ring (bicyclic) bond motifs is 2. The number of hydrogen-bond donors (Lipinski definition) is 5. The molecule has 2 aromatic carbocycles. The Morgan fingerprint density at radius 1 is 1.00 bits per heavy atom. The van der Waals surface area contributed by atoms with Crippen LogP contribution >= 0.6 is 0 Å². The van der Waals surface area contributed by atoms with Crippen LogP contribution in [0, 0.1) is 0 Å². The molecule has 0 spiro atoms. The summed E-state index contributed by atoms with van der Waals surface area (Å²) in [5, 5.41) is 41.4. The number of aromatic hydroxyl groups is 2. The highest BCUT2D eigenvalue weighted by molar-refractivity contribution is 7.86. The highest BCUT2D eigenvalue weighted by Crippen LogP contribution is 2.47. The van der Waals surface area contributed by atoms with Crippen molar-refractivity contribution in [2.75, 3.05) is 18.5 Å². The number of carbonyl (C=O) groups is 2. The van der Waals surface area contributed by atoms with Gasteiger partial charge in [-0.25, -0.2) is 8.42 Å². The van der Waals surface area contributed by atoms with Gasteiger partial charge in [-0.2, -0.15) is 0 Å². The molecule has 0 heterocycles. The normalized spacial score (nSPS) is 14.4. The van der Waals surface area contributed by atoms with Crippen LogP contribution in [0.5, 0.6) is 11.5 Å². The van der Waals surface area contributed by atoms with Gasteiger partial charge in [-0.3, -0.25) is 9.59 Å². The average Bonchev–Trinajstić information content (AvgIpc) is 2.63. The third-order valence-electron chi connectivity index (χ3n) is 4.25. The molecule has 1 unspecified atom stereocenters. The molecule has 0 fully saturated rings. The lowest BCUT2D eigenvalue weighted by molar-refractivity contribution is 0.0975. The predicted molar refractivity (Wildman–Crippen MR) is 92.6 cm³/mol. The first kappa shape index (κ1) is 19.8. The average molecular weight is 408 g/mol. The van der Waals surface area contributed by atoms with Gasteiger partial charge in [0.2, 0.25) is 0 Å². The summed E-state index contributed by atoms with van der Waals surface area (Å²) in [5.74, 6) is -4.33. The zero-order valence-electron chi connectivity index (χ0n) is 14.0. The third-order valence-corrected chi connectivity index (χ3v) is 5.14. The summed E-state index contributed by atoms with van der Waals surface area (Å²) >= 11 is 0. The molecule has 3 rings (SSSR count). The Morgan fingerprint density at radius 2 is 1.54 bits per heavy atom. The van der Waals surface area contributed by atoms with Crippen molar-refractivity contribution in [2.45, 2.75) is 11.0 Å². The van der Waals surface area contributed by atoms with Crippen LogP contribution in [0.1, 0.15) is 31.8 Å². The van der Waals surface area contributed by atoms with Gasteiger partial charge in [0.1, 0.15) is 20.8 Å². The van der Waals surface area contributed by atoms with Crippen molar-refractivity contribution >= 4 is 27.4 Å². The number of aliphatic hydroxyl groups excluding tert-OH is 2. The maximum absolute atomic E-state index is 12.9. The van der Waals surface area contributed by atoms with Crippen LogP contribution in [0.15, 0.2) is 29.2 Å². The highest BCUT2D eigenvalue weighted by Gasteiger charge is 2.38. The van der Waals surface area contributed by atoms with E-state index in [-0.39, 0.29) is 11.1 Å². The first-order valence-corrected chi connectivity index (χ1v) is 9.29. The van der Waals surface area contributed by atoms with Gasteiger partial charge < -0.3 is 30.3 Å². The van der Waals surface area contributed by atoms with Crippen molar-refractivity contribution in [1.82, 2.24) is 0 Å². The summed E-state index contributed by atoms with van der Waals surface area (Å²) in [4.78, 5) is 24.2. The van der Waals surface area contributed by atoms with Crippen LogP contribution in [-0.2, 0) is 10.1 Å². The fraction of sp³-hybridized carbons (Fsp3) is 0.176. The van der Waals surface area contributed by atoms with Gasteiger partial charge in [0.05, 0.1) is 29.5 Å². The quantitative estimate of drug-likeness (QED) is 0.210. The molecule has 0 saturated carbocycles. The Morgan fingerprint density at radius 3 is 2.04 bits per heavy atom. The molecule has 11 heteroatoms. The molecule has 2 aromatic rings. The van der Waals surface area contributed by atoms with Crippen LogP contribution in [0.3, 0.4) is 0 Å². The molecular formula is C17H14NO9S-. The van der Waals surface area contributed by atoms with Gasteiger partial charge in [-0.1, -0.05) is 24.3 Å². The number of benzene rings is 2. The molecule has 0 saturated heterocycles. The molecule has 10 nitrogen and oxygen atoms in total. The van der Waals surface area contributed by atoms with E-state index in [2.05, 4.69) is 5.32 Å². The maximum Gasteiger partial charge on any atom is 0.198 e. The number of anilines is 1. The van der Waals surface area contributed by atoms with Crippen molar-refractivity contribution in [3.63, 3.8) is 0 Å². The number of phenolic OH excluding ortho intramolecular Hbond substituents is 2. The summed E-state index contributed by atoms with van der Waals surface area (Å²) in [6, 6.07) is 5.55. The predicted octanol–water partition coefficient (Wildman–Crippen LogP) is -0.458. The van der Waals surface area contributed by atoms with E-state index in [1.165, 1.54) is 24.3 Å². The number of aliphatic hydroxyl groups is 2. The fourth-order valence-electron chi connectivity index (χ4n) is 2.99. The lowest BCUT2D eigenvalue weighted by Crippen LogP contribution is -2.27. The third kappa shape index (κ3) is 2.99. The zero-order chi connectivity index (χ0) is 20.8. The molecule has 28 heavy (non-hydrogen) atoms. The Labute approximate surface area is 158 Å². The minimum atomic E-state index is -5.45. The van der Waals surface area contributed by atoms with Crippen LogP contribution in [0.25, 0.3) is 0 Å². The second-order valence-electron chi connectivity index (χ2n) is 6.03. The SMILES string of the molecule is O=C1c2ccccc2C(=O)c2c(NCC(O)CO)c(O)c(S(=O)(=O)[O-])c(O)c21. The fourth-order valence-corrected chi connectivity index (χ4v) is 3.67. The van der Waals surface area contributed by atoms with E-state index in [4.69, 9.17) is 5.11 Å². The smallest absolute Gasteiger partial charge is 0.198 e. The van der Waals surface area contributed by atoms with E-state index in [1.54, 1.807) is 0 Å². The van der Waals surface area contributed by atoms with Gasteiger partial charge in [0.15, 0.2) is 17.3 Å². The summed E-state index contributed by atoms with van der Waals surface area (Å²) in [7, 11) is -5.45. The molecule has 0 radical (unpaired) electrons. The first-order chi connectivity index (χ1) is 13.1. The minimum Gasteiger partial charge on any atom is -0.744 e. The Hall–Kier alpha value is -2.99. The Bertz CT molecular complexity index is 1110. The van der Waals surface area contributed by atoms with Gasteiger partial charge in [-0.15, -0.1) is 0 Å². The molecule has 0 aromatic heterocycles. The van der Waals surface area contributed by atoms with Crippen LogP contribution < -0.4 is 5.32 Å². The highest BCUT2D eigenvalue weighted by atomic mass is 32.2.